The minimum absolute atomic E-state index is 0.0211. The van der Waals surface area contributed by atoms with Gasteiger partial charge in [0.25, 0.3) is 5.56 Å². The van der Waals surface area contributed by atoms with Crippen LogP contribution >= 0.6 is 11.8 Å². The monoisotopic (exact) mass is 359 g/mol. The van der Waals surface area contributed by atoms with E-state index in [0.717, 1.165) is 4.68 Å². The second kappa shape index (κ2) is 6.38. The number of hydrogen-bond acceptors (Lipinski definition) is 10. The highest BCUT2D eigenvalue weighted by molar-refractivity contribution is 7.98. The molecule has 1 fully saturated rings. The van der Waals surface area contributed by atoms with E-state index in [-0.39, 0.29) is 11.2 Å². The van der Waals surface area contributed by atoms with Gasteiger partial charge in [0.2, 0.25) is 0 Å². The van der Waals surface area contributed by atoms with E-state index < -0.39 is 42.8 Å². The molecule has 4 N–H and O–H groups in total. The normalized spacial score (nSPS) is 30.8. The van der Waals surface area contributed by atoms with Crippen LogP contribution in [0.4, 0.5) is 0 Å². The van der Waals surface area contributed by atoms with Gasteiger partial charge in [-0.2, -0.15) is 4.68 Å². The van der Waals surface area contributed by atoms with Crippen LogP contribution in [-0.2, 0) is 11.8 Å². The van der Waals surface area contributed by atoms with Crippen LogP contribution in [0.25, 0.3) is 11.2 Å². The summed E-state index contributed by atoms with van der Waals surface area (Å²) in [6.45, 7) is -0.570. The smallest absolute Gasteiger partial charge is 0.284 e. The van der Waals surface area contributed by atoms with Crippen molar-refractivity contribution in [2.45, 2.75) is 35.8 Å². The maximum Gasteiger partial charge on any atom is 0.284 e. The van der Waals surface area contributed by atoms with Crippen molar-refractivity contribution in [1.82, 2.24) is 24.5 Å². The topological polar surface area (TPSA) is 156 Å². The summed E-state index contributed by atoms with van der Waals surface area (Å²) in [5.41, 5.74) is -0.362. The van der Waals surface area contributed by atoms with Crippen molar-refractivity contribution < 1.29 is 25.2 Å². The predicted molar refractivity (Wildman–Crippen MR) is 81.4 cm³/mol. The van der Waals surface area contributed by atoms with Crippen molar-refractivity contribution in [2.75, 3.05) is 12.9 Å². The van der Waals surface area contributed by atoms with Crippen LogP contribution in [0.1, 0.15) is 6.23 Å². The van der Waals surface area contributed by atoms with Crippen LogP contribution in [-0.4, -0.2) is 82.2 Å². The molecule has 132 valence electrons. The third kappa shape index (κ3) is 2.51. The lowest BCUT2D eigenvalue weighted by Crippen LogP contribution is -2.56. The molecule has 0 bridgehead atoms. The van der Waals surface area contributed by atoms with Crippen LogP contribution < -0.4 is 5.56 Å². The Kier molecular flexibility index (Phi) is 4.59. The summed E-state index contributed by atoms with van der Waals surface area (Å²) in [6, 6.07) is 0. The molecule has 3 rings (SSSR count). The Morgan fingerprint density at radius 3 is 2.58 bits per heavy atom. The molecule has 0 aromatic carbocycles. The lowest BCUT2D eigenvalue weighted by Gasteiger charge is -2.39. The number of hydrogen-bond donors (Lipinski definition) is 4. The standard InChI is InChI=1S/C12H17N5O6S/c1-16-10(22)5-9(13-12(16)24-2)17(15-14-5)11-8(21)7(20)6(19)4(3-18)23-11/h4,6-8,11,18-21H,3H2,1-2H3/t4-,6+,7+,8-,11-/m0/s1. The van der Waals surface area contributed by atoms with Gasteiger partial charge < -0.3 is 25.2 Å². The van der Waals surface area contributed by atoms with Crippen molar-refractivity contribution in [1.29, 1.82) is 0 Å². The molecule has 1 aliphatic rings. The maximum absolute atomic E-state index is 12.3. The van der Waals surface area contributed by atoms with E-state index in [1.165, 1.54) is 16.3 Å². The number of nitrogens with zero attached hydrogens (tertiary/aromatic N) is 5. The molecule has 2 aromatic rings. The Morgan fingerprint density at radius 1 is 1.25 bits per heavy atom. The summed E-state index contributed by atoms with van der Waals surface area (Å²) in [5.74, 6) is 0. The number of aliphatic hydroxyl groups is 4. The predicted octanol–water partition coefficient (Wildman–Crippen LogP) is -2.78. The highest BCUT2D eigenvalue weighted by atomic mass is 32.2. The van der Waals surface area contributed by atoms with Crippen molar-refractivity contribution in [3.63, 3.8) is 0 Å². The third-order valence-electron chi connectivity index (χ3n) is 3.96. The van der Waals surface area contributed by atoms with Gasteiger partial charge in [-0.05, 0) is 6.26 Å². The highest BCUT2D eigenvalue weighted by Crippen LogP contribution is 2.29. The van der Waals surface area contributed by atoms with E-state index in [2.05, 4.69) is 15.3 Å². The first-order valence-electron chi connectivity index (χ1n) is 7.07. The summed E-state index contributed by atoms with van der Waals surface area (Å²) in [7, 11) is 1.55. The first-order valence-corrected chi connectivity index (χ1v) is 8.29. The van der Waals surface area contributed by atoms with E-state index in [1.54, 1.807) is 13.3 Å². The molecule has 0 aliphatic carbocycles. The van der Waals surface area contributed by atoms with Gasteiger partial charge in [-0.15, -0.1) is 5.10 Å². The van der Waals surface area contributed by atoms with Gasteiger partial charge in [0.15, 0.2) is 22.5 Å². The average molecular weight is 359 g/mol. The lowest BCUT2D eigenvalue weighted by atomic mass is 9.98. The van der Waals surface area contributed by atoms with Gasteiger partial charge in [0, 0.05) is 7.05 Å². The van der Waals surface area contributed by atoms with Crippen LogP contribution in [0.5, 0.6) is 0 Å². The van der Waals surface area contributed by atoms with E-state index in [1.807, 2.05) is 0 Å². The Hall–Kier alpha value is -1.57. The number of ether oxygens (including phenoxy) is 1. The molecule has 1 aliphatic heterocycles. The zero-order chi connectivity index (χ0) is 17.6. The van der Waals surface area contributed by atoms with Crippen molar-refractivity contribution >= 4 is 22.9 Å². The first kappa shape index (κ1) is 17.3. The molecule has 0 saturated carbocycles. The van der Waals surface area contributed by atoms with Crippen LogP contribution in [0.3, 0.4) is 0 Å². The number of aromatic nitrogens is 5. The number of rotatable bonds is 3. The molecule has 5 atom stereocenters. The molecule has 0 amide bonds. The maximum atomic E-state index is 12.3. The number of fused-ring (bicyclic) bond motifs is 1. The molecule has 0 radical (unpaired) electrons. The summed E-state index contributed by atoms with van der Waals surface area (Å²) < 4.78 is 7.81. The largest absolute Gasteiger partial charge is 0.394 e. The Morgan fingerprint density at radius 2 is 1.96 bits per heavy atom. The molecule has 11 nitrogen and oxygen atoms in total. The van der Waals surface area contributed by atoms with E-state index in [4.69, 9.17) is 4.74 Å². The fraction of sp³-hybridized carbons (Fsp3) is 0.667. The van der Waals surface area contributed by atoms with Crippen molar-refractivity contribution in [2.24, 2.45) is 7.05 Å². The zero-order valence-electron chi connectivity index (χ0n) is 12.8. The van der Waals surface area contributed by atoms with Gasteiger partial charge in [0.05, 0.1) is 6.61 Å². The fourth-order valence-corrected chi connectivity index (χ4v) is 3.11. The molecule has 12 heteroatoms. The first-order chi connectivity index (χ1) is 11.4. The lowest BCUT2D eigenvalue weighted by molar-refractivity contribution is -0.253. The Balaban J connectivity index is 2.12. The Labute approximate surface area is 139 Å². The van der Waals surface area contributed by atoms with E-state index >= 15 is 0 Å². The summed E-state index contributed by atoms with van der Waals surface area (Å²) in [5, 5.41) is 47.1. The van der Waals surface area contributed by atoms with E-state index in [9.17, 15) is 25.2 Å². The van der Waals surface area contributed by atoms with Crippen LogP contribution in [0, 0.1) is 0 Å². The zero-order valence-corrected chi connectivity index (χ0v) is 13.7. The molecule has 1 saturated heterocycles. The second-order valence-corrected chi connectivity index (χ2v) is 6.16. The van der Waals surface area contributed by atoms with Gasteiger partial charge in [-0.1, -0.05) is 17.0 Å². The molecule has 0 unspecified atom stereocenters. The Bertz CT molecular complexity index is 807. The van der Waals surface area contributed by atoms with Gasteiger partial charge in [0.1, 0.15) is 24.4 Å². The highest BCUT2D eigenvalue weighted by Gasteiger charge is 2.45. The molecular formula is C12H17N5O6S. The fourth-order valence-electron chi connectivity index (χ4n) is 2.58. The van der Waals surface area contributed by atoms with Gasteiger partial charge in [-0.3, -0.25) is 9.36 Å². The van der Waals surface area contributed by atoms with Crippen molar-refractivity contribution in [3.8, 4) is 0 Å². The summed E-state index contributed by atoms with van der Waals surface area (Å²) >= 11 is 1.24. The van der Waals surface area contributed by atoms with Crippen molar-refractivity contribution in [3.05, 3.63) is 10.4 Å². The van der Waals surface area contributed by atoms with Crippen LogP contribution in [0.2, 0.25) is 0 Å². The summed E-state index contributed by atoms with van der Waals surface area (Å²) in [4.78, 5) is 16.6. The summed E-state index contributed by atoms with van der Waals surface area (Å²) in [6.07, 6.45) is -5.21. The molecule has 2 aromatic heterocycles. The second-order valence-electron chi connectivity index (χ2n) is 5.39. The average Bonchev–Trinajstić information content (AvgIpc) is 3.00. The van der Waals surface area contributed by atoms with Gasteiger partial charge in [-0.25, -0.2) is 4.98 Å². The molecular weight excluding hydrogens is 342 g/mol. The van der Waals surface area contributed by atoms with Crippen LogP contribution in [0.15, 0.2) is 9.95 Å². The minimum atomic E-state index is -1.56. The molecule has 3 heterocycles. The third-order valence-corrected chi connectivity index (χ3v) is 4.69. The quantitative estimate of drug-likeness (QED) is 0.334. The van der Waals surface area contributed by atoms with Gasteiger partial charge >= 0.3 is 0 Å². The molecule has 0 spiro atoms. The SMILES string of the molecule is CSc1nc2c(nnn2[C@H]2O[C@@H](CO)[C@@H](O)[C@@H](O)[C@@H]2O)c(=O)n1C. The van der Waals surface area contributed by atoms with E-state index in [0.29, 0.717) is 5.16 Å². The minimum Gasteiger partial charge on any atom is -0.394 e. The molecule has 24 heavy (non-hydrogen) atoms. The number of aliphatic hydroxyl groups excluding tert-OH is 4. The number of thioether (sulfide) groups is 1.